The summed E-state index contributed by atoms with van der Waals surface area (Å²) in [5, 5.41) is 8.57. The Balaban J connectivity index is 1.13. The fourth-order valence-electron chi connectivity index (χ4n) is 4.33. The van der Waals surface area contributed by atoms with Gasteiger partial charge in [0.1, 0.15) is 12.4 Å². The van der Waals surface area contributed by atoms with Gasteiger partial charge in [-0.2, -0.15) is 0 Å². The van der Waals surface area contributed by atoms with E-state index in [1.165, 1.54) is 0 Å². The van der Waals surface area contributed by atoms with E-state index in [9.17, 15) is 9.59 Å². The van der Waals surface area contributed by atoms with Gasteiger partial charge in [0, 0.05) is 69.6 Å². The number of imidazole rings is 1. The minimum absolute atomic E-state index is 0.215. The SMILES string of the molecule is CCOc1ccccc1NC(=O)OCCN1CCN(c2cccc(NC(=O)NCCCn3ccnc3)c2)CC1. The Hall–Kier alpha value is -4.25. The van der Waals surface area contributed by atoms with Crippen molar-refractivity contribution in [1.29, 1.82) is 0 Å². The third kappa shape index (κ3) is 8.92. The highest BCUT2D eigenvalue weighted by molar-refractivity contribution is 5.89. The second-order valence-corrected chi connectivity index (χ2v) is 9.10. The maximum absolute atomic E-state index is 12.3. The number of hydrogen-bond acceptors (Lipinski definition) is 7. The normalized spacial score (nSPS) is 13.5. The number of nitrogens with one attached hydrogen (secondary N) is 3. The first-order chi connectivity index (χ1) is 19.1. The summed E-state index contributed by atoms with van der Waals surface area (Å²) in [6.07, 6.45) is 5.75. The molecule has 1 aliphatic rings. The predicted octanol–water partition coefficient (Wildman–Crippen LogP) is 3.86. The number of urea groups is 1. The summed E-state index contributed by atoms with van der Waals surface area (Å²) in [5.74, 6) is 0.620. The highest BCUT2D eigenvalue weighted by atomic mass is 16.5. The van der Waals surface area contributed by atoms with Crippen molar-refractivity contribution in [3.05, 3.63) is 67.3 Å². The average Bonchev–Trinajstić information content (AvgIpc) is 3.47. The highest BCUT2D eigenvalue weighted by Crippen LogP contribution is 2.24. The van der Waals surface area contributed by atoms with Crippen LogP contribution in [0.4, 0.5) is 26.7 Å². The van der Waals surface area contributed by atoms with E-state index in [1.807, 2.05) is 54.1 Å². The molecule has 3 N–H and O–H groups in total. The van der Waals surface area contributed by atoms with E-state index < -0.39 is 6.09 Å². The third-order valence-electron chi connectivity index (χ3n) is 6.34. The number of anilines is 3. The topological polar surface area (TPSA) is 113 Å². The number of rotatable bonds is 12. The zero-order valence-electron chi connectivity index (χ0n) is 22.3. The summed E-state index contributed by atoms with van der Waals surface area (Å²) in [6, 6.07) is 15.0. The monoisotopic (exact) mass is 535 g/mol. The van der Waals surface area contributed by atoms with Gasteiger partial charge in [0.25, 0.3) is 0 Å². The lowest BCUT2D eigenvalue weighted by Gasteiger charge is -2.36. The number of benzene rings is 2. The first-order valence-electron chi connectivity index (χ1n) is 13.3. The molecule has 39 heavy (non-hydrogen) atoms. The van der Waals surface area contributed by atoms with Crippen LogP contribution in [0.2, 0.25) is 0 Å². The number of carbonyl (C=O) groups is 2. The average molecular weight is 536 g/mol. The standard InChI is InChI=1S/C28H37N7O4/c1-2-38-26-10-4-3-9-25(26)32-28(37)39-20-19-33-15-17-35(18-16-33)24-8-5-7-23(21-24)31-27(36)30-11-6-13-34-14-12-29-22-34/h3-5,7-10,12,14,21-22H,2,6,11,13,15-20H2,1H3,(H,32,37)(H2,30,31,36). The maximum atomic E-state index is 12.3. The van der Waals surface area contributed by atoms with Crippen LogP contribution in [0.3, 0.4) is 0 Å². The molecule has 3 amide bonds. The molecule has 0 unspecified atom stereocenters. The lowest BCUT2D eigenvalue weighted by Crippen LogP contribution is -2.47. The summed E-state index contributed by atoms with van der Waals surface area (Å²) >= 11 is 0. The molecule has 1 aromatic heterocycles. The van der Waals surface area contributed by atoms with Crippen LogP contribution in [0.1, 0.15) is 13.3 Å². The van der Waals surface area contributed by atoms with E-state index in [1.54, 1.807) is 18.6 Å². The molecule has 0 radical (unpaired) electrons. The van der Waals surface area contributed by atoms with E-state index in [0.717, 1.165) is 50.5 Å². The molecule has 3 aromatic rings. The van der Waals surface area contributed by atoms with Gasteiger partial charge < -0.3 is 29.6 Å². The second-order valence-electron chi connectivity index (χ2n) is 9.10. The maximum Gasteiger partial charge on any atom is 0.411 e. The molecule has 11 nitrogen and oxygen atoms in total. The van der Waals surface area contributed by atoms with Gasteiger partial charge in [-0.05, 0) is 43.7 Å². The fraction of sp³-hybridized carbons (Fsp3) is 0.393. The number of carbonyl (C=O) groups excluding carboxylic acids is 2. The van der Waals surface area contributed by atoms with Crippen LogP contribution in [-0.2, 0) is 11.3 Å². The van der Waals surface area contributed by atoms with E-state index in [-0.39, 0.29) is 6.03 Å². The van der Waals surface area contributed by atoms with Gasteiger partial charge in [-0.15, -0.1) is 0 Å². The number of aromatic nitrogens is 2. The number of ether oxygens (including phenoxy) is 2. The Morgan fingerprint density at radius 3 is 2.64 bits per heavy atom. The zero-order chi connectivity index (χ0) is 27.3. The van der Waals surface area contributed by atoms with Gasteiger partial charge in [0.15, 0.2) is 0 Å². The molecular formula is C28H37N7O4. The number of amides is 3. The van der Waals surface area contributed by atoms with Gasteiger partial charge in [0.05, 0.1) is 18.6 Å². The second kappa shape index (κ2) is 14.6. The summed E-state index contributed by atoms with van der Waals surface area (Å²) in [7, 11) is 0. The molecule has 1 aliphatic heterocycles. The van der Waals surface area contributed by atoms with Gasteiger partial charge >= 0.3 is 12.1 Å². The highest BCUT2D eigenvalue weighted by Gasteiger charge is 2.18. The number of piperazine rings is 1. The van der Waals surface area contributed by atoms with Crippen molar-refractivity contribution >= 4 is 29.2 Å². The van der Waals surface area contributed by atoms with Crippen molar-refractivity contribution in [3.63, 3.8) is 0 Å². The molecule has 11 heteroatoms. The van der Waals surface area contributed by atoms with E-state index in [4.69, 9.17) is 9.47 Å². The first-order valence-corrected chi connectivity index (χ1v) is 13.3. The lowest BCUT2D eigenvalue weighted by molar-refractivity contribution is 0.137. The van der Waals surface area contributed by atoms with Crippen LogP contribution < -0.4 is 25.6 Å². The van der Waals surface area contributed by atoms with E-state index >= 15 is 0 Å². The molecule has 1 fully saturated rings. The molecule has 4 rings (SSSR count). The molecule has 0 bridgehead atoms. The van der Waals surface area contributed by atoms with Gasteiger partial charge in [-0.1, -0.05) is 18.2 Å². The lowest BCUT2D eigenvalue weighted by atomic mass is 10.2. The van der Waals surface area contributed by atoms with Gasteiger partial charge in [0.2, 0.25) is 0 Å². The first kappa shape index (κ1) is 27.8. The van der Waals surface area contributed by atoms with Crippen LogP contribution in [0, 0.1) is 0 Å². The Morgan fingerprint density at radius 2 is 1.85 bits per heavy atom. The van der Waals surface area contributed by atoms with E-state index in [0.29, 0.717) is 37.7 Å². The summed E-state index contributed by atoms with van der Waals surface area (Å²) in [4.78, 5) is 33.1. The van der Waals surface area contributed by atoms with Crippen molar-refractivity contribution in [2.45, 2.75) is 19.9 Å². The largest absolute Gasteiger partial charge is 0.492 e. The Labute approximate surface area is 229 Å². The van der Waals surface area contributed by atoms with Gasteiger partial charge in [-0.25, -0.2) is 14.6 Å². The van der Waals surface area contributed by atoms with Crippen LogP contribution in [0.15, 0.2) is 67.3 Å². The summed E-state index contributed by atoms with van der Waals surface area (Å²) in [5.41, 5.74) is 2.42. The van der Waals surface area contributed by atoms with Crippen molar-refractivity contribution in [2.24, 2.45) is 0 Å². The Kier molecular flexibility index (Phi) is 10.4. The number of aryl methyl sites for hydroxylation is 1. The number of para-hydroxylation sites is 2. The van der Waals surface area contributed by atoms with Crippen LogP contribution in [0.25, 0.3) is 0 Å². The van der Waals surface area contributed by atoms with Crippen molar-refractivity contribution in [2.75, 3.05) is 68.0 Å². The van der Waals surface area contributed by atoms with Crippen LogP contribution in [0.5, 0.6) is 5.75 Å². The minimum atomic E-state index is -0.493. The molecule has 0 atom stereocenters. The van der Waals surface area contributed by atoms with E-state index in [2.05, 4.69) is 36.8 Å². The molecule has 2 heterocycles. The molecule has 0 spiro atoms. The fourth-order valence-corrected chi connectivity index (χ4v) is 4.33. The third-order valence-corrected chi connectivity index (χ3v) is 6.34. The number of nitrogens with zero attached hydrogens (tertiary/aromatic N) is 4. The van der Waals surface area contributed by atoms with Crippen LogP contribution >= 0.6 is 0 Å². The molecular weight excluding hydrogens is 498 g/mol. The van der Waals surface area contributed by atoms with Gasteiger partial charge in [-0.3, -0.25) is 10.2 Å². The van der Waals surface area contributed by atoms with Crippen LogP contribution in [-0.4, -0.2) is 79.1 Å². The summed E-state index contributed by atoms with van der Waals surface area (Å²) in [6.45, 7) is 8.17. The Bertz CT molecular complexity index is 1180. The minimum Gasteiger partial charge on any atom is -0.492 e. The van der Waals surface area contributed by atoms with Crippen molar-refractivity contribution < 1.29 is 19.1 Å². The Morgan fingerprint density at radius 1 is 1.00 bits per heavy atom. The smallest absolute Gasteiger partial charge is 0.411 e. The summed E-state index contributed by atoms with van der Waals surface area (Å²) < 4.78 is 12.9. The molecule has 208 valence electrons. The zero-order valence-corrected chi connectivity index (χ0v) is 22.3. The molecule has 1 saturated heterocycles. The number of hydrogen-bond donors (Lipinski definition) is 3. The van der Waals surface area contributed by atoms with Crippen molar-refractivity contribution in [1.82, 2.24) is 19.8 Å². The molecule has 2 aromatic carbocycles. The molecule has 0 saturated carbocycles. The van der Waals surface area contributed by atoms with Crippen molar-refractivity contribution in [3.8, 4) is 5.75 Å². The quantitative estimate of drug-likeness (QED) is 0.302. The molecule has 0 aliphatic carbocycles. The predicted molar refractivity (Wildman–Crippen MR) is 152 cm³/mol.